The van der Waals surface area contributed by atoms with Gasteiger partial charge in [0, 0.05) is 73.2 Å². The third kappa shape index (κ3) is 3.06. The maximum absolute atomic E-state index is 13.5. The van der Waals surface area contributed by atoms with Crippen LogP contribution in [0.3, 0.4) is 0 Å². The molecule has 0 bridgehead atoms. The Bertz CT molecular complexity index is 1710. The quantitative estimate of drug-likeness (QED) is 0.473. The second kappa shape index (κ2) is 7.71. The summed E-state index contributed by atoms with van der Waals surface area (Å²) in [6.45, 7) is -5.17. The van der Waals surface area contributed by atoms with Gasteiger partial charge in [0.15, 0.2) is 0 Å². The number of hydrogen-bond donors (Lipinski definition) is 1. The van der Waals surface area contributed by atoms with Crippen molar-refractivity contribution >= 4 is 44.8 Å². The minimum absolute atomic E-state index is 0.145. The van der Waals surface area contributed by atoms with Crippen molar-refractivity contribution in [3.05, 3.63) is 71.5 Å². The van der Waals surface area contributed by atoms with Gasteiger partial charge in [0.25, 0.3) is 11.8 Å². The van der Waals surface area contributed by atoms with Crippen molar-refractivity contribution in [1.29, 1.82) is 0 Å². The van der Waals surface area contributed by atoms with Gasteiger partial charge in [-0.25, -0.2) is 0 Å². The lowest BCUT2D eigenvalue weighted by atomic mass is 9.89. The SMILES string of the molecule is [2H]C([2H])([2H])N(CC1CCn2c(c(C3=C(c4cn(C)c5ccccc45)C(=O)NC3=O)c3ccccc32)C1)C([2H])([2H])[2H]. The smallest absolute Gasteiger partial charge is 0.259 e. The molecule has 0 radical (unpaired) electrons. The highest BCUT2D eigenvalue weighted by Gasteiger charge is 2.38. The number of benzene rings is 2. The molecule has 0 saturated heterocycles. The molecule has 1 N–H and O–H groups in total. The fraction of sp³-hybridized carbons (Fsp3) is 0.286. The molecule has 6 nitrogen and oxygen atoms in total. The third-order valence-electron chi connectivity index (χ3n) is 7.11. The summed E-state index contributed by atoms with van der Waals surface area (Å²) in [5, 5.41) is 4.17. The number of para-hydroxylation sites is 2. The van der Waals surface area contributed by atoms with E-state index in [1.807, 2.05) is 66.3 Å². The molecule has 4 aromatic rings. The van der Waals surface area contributed by atoms with Gasteiger partial charge in [0.1, 0.15) is 0 Å². The van der Waals surface area contributed by atoms with E-state index in [4.69, 9.17) is 8.22 Å². The summed E-state index contributed by atoms with van der Waals surface area (Å²) in [6, 6.07) is 15.4. The minimum atomic E-state index is -2.78. The molecule has 0 aliphatic carbocycles. The number of fused-ring (bicyclic) bond motifs is 4. The second-order valence-electron chi connectivity index (χ2n) is 9.16. The molecule has 34 heavy (non-hydrogen) atoms. The van der Waals surface area contributed by atoms with E-state index in [1.165, 1.54) is 0 Å². The Kier molecular flexibility index (Phi) is 3.47. The van der Waals surface area contributed by atoms with Gasteiger partial charge in [-0.15, -0.1) is 0 Å². The Labute approximate surface area is 206 Å². The zero-order valence-electron chi connectivity index (χ0n) is 24.8. The summed E-state index contributed by atoms with van der Waals surface area (Å²) in [5.41, 5.74) is 4.52. The van der Waals surface area contributed by atoms with Crippen LogP contribution in [-0.4, -0.2) is 46.3 Å². The summed E-state index contributed by atoms with van der Waals surface area (Å²) in [4.78, 5) is 27.4. The maximum atomic E-state index is 13.5. The molecule has 6 heteroatoms. The molecule has 1 atom stereocenters. The van der Waals surface area contributed by atoms with Gasteiger partial charge in [-0.05, 0) is 44.8 Å². The zero-order chi connectivity index (χ0) is 28.6. The largest absolute Gasteiger partial charge is 0.350 e. The molecule has 0 saturated carbocycles. The second-order valence-corrected chi connectivity index (χ2v) is 9.16. The first-order valence-corrected chi connectivity index (χ1v) is 11.4. The molecular formula is C28H28N4O2. The first-order valence-electron chi connectivity index (χ1n) is 14.4. The molecule has 172 valence electrons. The molecule has 2 aromatic heterocycles. The van der Waals surface area contributed by atoms with Crippen LogP contribution >= 0.6 is 0 Å². The number of rotatable bonds is 4. The lowest BCUT2D eigenvalue weighted by molar-refractivity contribution is -0.122. The monoisotopic (exact) mass is 458 g/mol. The Morgan fingerprint density at radius 2 is 1.71 bits per heavy atom. The van der Waals surface area contributed by atoms with Crippen molar-refractivity contribution in [3.8, 4) is 0 Å². The van der Waals surface area contributed by atoms with Gasteiger partial charge >= 0.3 is 0 Å². The van der Waals surface area contributed by atoms with Gasteiger partial charge < -0.3 is 14.0 Å². The summed E-state index contributed by atoms with van der Waals surface area (Å²) in [5.74, 6) is -1.23. The maximum Gasteiger partial charge on any atom is 0.259 e. The number of carbonyl (C=O) groups excluding carboxylic acids is 2. The zero-order valence-corrected chi connectivity index (χ0v) is 18.8. The van der Waals surface area contributed by atoms with Crippen LogP contribution in [0, 0.1) is 5.92 Å². The van der Waals surface area contributed by atoms with E-state index in [0.29, 0.717) is 41.0 Å². The minimum Gasteiger partial charge on any atom is -0.350 e. The fourth-order valence-electron chi connectivity index (χ4n) is 5.70. The van der Waals surface area contributed by atoms with Crippen LogP contribution in [0.2, 0.25) is 0 Å². The standard InChI is InChI=1S/C28H28N4O2/c1-30(2)15-17-12-13-32-22-11-7-5-9-19(22)24(23(32)14-17)26-25(27(33)29-28(26)34)20-16-31(3)21-10-6-4-8-18(20)21/h4-11,16-17H,12-15H2,1-3H3,(H,29,33,34)/i1D3,2D3. The average Bonchev–Trinajstić information content (AvgIpc) is 3.48. The fourth-order valence-corrected chi connectivity index (χ4v) is 5.70. The number of aromatic nitrogens is 2. The highest BCUT2D eigenvalue weighted by Crippen LogP contribution is 2.42. The molecule has 0 spiro atoms. The normalized spacial score (nSPS) is 21.8. The van der Waals surface area contributed by atoms with E-state index in [9.17, 15) is 9.59 Å². The van der Waals surface area contributed by atoms with E-state index < -0.39 is 25.8 Å². The number of nitrogens with one attached hydrogen (secondary N) is 1. The van der Waals surface area contributed by atoms with E-state index in [-0.39, 0.29) is 18.0 Å². The number of nitrogens with zero attached hydrogens (tertiary/aromatic N) is 3. The van der Waals surface area contributed by atoms with Crippen LogP contribution in [0.1, 0.15) is 31.5 Å². The molecule has 0 fully saturated rings. The summed E-state index contributed by atoms with van der Waals surface area (Å²) < 4.78 is 50.9. The van der Waals surface area contributed by atoms with Crippen molar-refractivity contribution in [1.82, 2.24) is 19.4 Å². The van der Waals surface area contributed by atoms with Crippen LogP contribution < -0.4 is 5.32 Å². The van der Waals surface area contributed by atoms with Gasteiger partial charge in [-0.3, -0.25) is 14.9 Å². The van der Waals surface area contributed by atoms with Gasteiger partial charge in [0.2, 0.25) is 0 Å². The van der Waals surface area contributed by atoms with Crippen molar-refractivity contribution in [3.63, 3.8) is 0 Å². The highest BCUT2D eigenvalue weighted by atomic mass is 16.2. The lowest BCUT2D eigenvalue weighted by Gasteiger charge is -2.28. The first kappa shape index (κ1) is 15.3. The predicted molar refractivity (Wildman–Crippen MR) is 135 cm³/mol. The molecule has 2 aliphatic heterocycles. The lowest BCUT2D eigenvalue weighted by Crippen LogP contribution is -2.29. The number of amides is 2. The van der Waals surface area contributed by atoms with E-state index in [1.54, 1.807) is 0 Å². The van der Waals surface area contributed by atoms with Crippen molar-refractivity contribution in [2.24, 2.45) is 13.0 Å². The van der Waals surface area contributed by atoms with Crippen LogP contribution in [-0.2, 0) is 29.6 Å². The number of hydrogen-bond acceptors (Lipinski definition) is 3. The number of imide groups is 1. The van der Waals surface area contributed by atoms with Crippen molar-refractivity contribution < 1.29 is 17.8 Å². The first-order chi connectivity index (χ1) is 18.9. The van der Waals surface area contributed by atoms with Gasteiger partial charge in [-0.2, -0.15) is 0 Å². The predicted octanol–water partition coefficient (Wildman–Crippen LogP) is 3.82. The molecular weight excluding hydrogens is 424 g/mol. The van der Waals surface area contributed by atoms with E-state index in [2.05, 4.69) is 9.88 Å². The average molecular weight is 459 g/mol. The van der Waals surface area contributed by atoms with E-state index in [0.717, 1.165) is 27.5 Å². The number of aryl methyl sites for hydroxylation is 2. The third-order valence-corrected chi connectivity index (χ3v) is 7.11. The molecule has 1 unspecified atom stereocenters. The molecule has 6 rings (SSSR count). The van der Waals surface area contributed by atoms with Crippen LogP contribution in [0.15, 0.2) is 54.7 Å². The van der Waals surface area contributed by atoms with E-state index >= 15 is 0 Å². The van der Waals surface area contributed by atoms with Gasteiger partial charge in [-0.1, -0.05) is 36.4 Å². The van der Waals surface area contributed by atoms with Crippen LogP contribution in [0.5, 0.6) is 0 Å². The van der Waals surface area contributed by atoms with Crippen LogP contribution in [0.25, 0.3) is 33.0 Å². The van der Waals surface area contributed by atoms with Crippen molar-refractivity contribution in [2.75, 3.05) is 20.5 Å². The molecule has 2 aliphatic rings. The van der Waals surface area contributed by atoms with Crippen LogP contribution in [0.4, 0.5) is 0 Å². The molecule has 2 aromatic carbocycles. The summed E-state index contributed by atoms with van der Waals surface area (Å²) in [6.07, 6.45) is 2.80. The summed E-state index contributed by atoms with van der Waals surface area (Å²) in [7, 11) is 1.89. The van der Waals surface area contributed by atoms with Gasteiger partial charge in [0.05, 0.1) is 11.1 Å². The Morgan fingerprint density at radius 1 is 1.00 bits per heavy atom. The Morgan fingerprint density at radius 3 is 2.50 bits per heavy atom. The summed E-state index contributed by atoms with van der Waals surface area (Å²) >= 11 is 0. The Balaban J connectivity index is 1.55. The number of carbonyl (C=O) groups is 2. The molecule has 2 amide bonds. The highest BCUT2D eigenvalue weighted by molar-refractivity contribution is 6.51. The topological polar surface area (TPSA) is 59.3 Å². The molecule has 4 heterocycles. The van der Waals surface area contributed by atoms with Crippen molar-refractivity contribution in [2.45, 2.75) is 19.4 Å². The Hall–Kier alpha value is -3.64.